The molecule has 6 nitrogen and oxygen atoms in total. The van der Waals surface area contributed by atoms with Crippen molar-refractivity contribution in [3.05, 3.63) is 29.8 Å². The standard InChI is InChI=1S/C19H29N3O3.ClH/c1-4-10-19(3,20)18(24)22-13-11-21(12-14-22)17(23)15-8-6-7-9-16(15)25-5-2;/h6-9H,4-5,10-14,20H2,1-3H3;1H. The molecule has 1 unspecified atom stereocenters. The van der Waals surface area contributed by atoms with Gasteiger partial charge in [0.05, 0.1) is 17.7 Å². The molecule has 2 N–H and O–H groups in total. The molecule has 0 spiro atoms. The van der Waals surface area contributed by atoms with Gasteiger partial charge in [-0.15, -0.1) is 12.4 Å². The highest BCUT2D eigenvalue weighted by Crippen LogP contribution is 2.21. The van der Waals surface area contributed by atoms with Crippen molar-refractivity contribution in [2.24, 2.45) is 5.73 Å². The predicted octanol–water partition coefficient (Wildman–Crippen LogP) is 2.31. The van der Waals surface area contributed by atoms with Gasteiger partial charge in [0.1, 0.15) is 5.75 Å². The first kappa shape index (κ1) is 22.3. The molecule has 146 valence electrons. The van der Waals surface area contributed by atoms with Crippen LogP contribution in [0.25, 0.3) is 0 Å². The third-order valence-corrected chi connectivity index (χ3v) is 4.53. The number of nitrogens with two attached hydrogens (primary N) is 1. The lowest BCUT2D eigenvalue weighted by Gasteiger charge is -2.38. The number of ether oxygens (including phenoxy) is 1. The number of hydrogen-bond acceptors (Lipinski definition) is 4. The van der Waals surface area contributed by atoms with E-state index in [4.69, 9.17) is 10.5 Å². The second kappa shape index (κ2) is 9.78. The Hall–Kier alpha value is -1.79. The quantitative estimate of drug-likeness (QED) is 0.817. The predicted molar refractivity (Wildman–Crippen MR) is 105 cm³/mol. The molecule has 0 bridgehead atoms. The van der Waals surface area contributed by atoms with Gasteiger partial charge in [0, 0.05) is 26.2 Å². The maximum Gasteiger partial charge on any atom is 0.257 e. The molecule has 0 saturated carbocycles. The van der Waals surface area contributed by atoms with Crippen LogP contribution in [-0.4, -0.2) is 59.9 Å². The van der Waals surface area contributed by atoms with E-state index in [0.717, 1.165) is 6.42 Å². The van der Waals surface area contributed by atoms with Gasteiger partial charge in [-0.1, -0.05) is 25.5 Å². The normalized spacial score (nSPS) is 16.5. The molecule has 1 aliphatic rings. The van der Waals surface area contributed by atoms with E-state index in [-0.39, 0.29) is 24.2 Å². The number of para-hydroxylation sites is 1. The van der Waals surface area contributed by atoms with Crippen LogP contribution in [0, 0.1) is 0 Å². The molecular weight excluding hydrogens is 354 g/mol. The van der Waals surface area contributed by atoms with Crippen molar-refractivity contribution in [2.75, 3.05) is 32.8 Å². The fourth-order valence-electron chi connectivity index (χ4n) is 3.20. The first-order valence-electron chi connectivity index (χ1n) is 9.00. The SMILES string of the molecule is CCCC(C)(N)C(=O)N1CCN(C(=O)c2ccccc2OCC)CC1.Cl. The summed E-state index contributed by atoms with van der Waals surface area (Å²) in [5, 5.41) is 0. The third kappa shape index (κ3) is 5.11. The van der Waals surface area contributed by atoms with E-state index in [1.165, 1.54) is 0 Å². The fraction of sp³-hybridized carbons (Fsp3) is 0.579. The Morgan fingerprint density at radius 2 is 1.69 bits per heavy atom. The lowest BCUT2D eigenvalue weighted by Crippen LogP contribution is -2.58. The summed E-state index contributed by atoms with van der Waals surface area (Å²) in [6.45, 7) is 8.25. The van der Waals surface area contributed by atoms with E-state index in [0.29, 0.717) is 50.5 Å². The van der Waals surface area contributed by atoms with Gasteiger partial charge < -0.3 is 20.3 Å². The van der Waals surface area contributed by atoms with Crippen LogP contribution >= 0.6 is 12.4 Å². The van der Waals surface area contributed by atoms with E-state index < -0.39 is 5.54 Å². The summed E-state index contributed by atoms with van der Waals surface area (Å²) in [6, 6.07) is 7.28. The number of carbonyl (C=O) groups excluding carboxylic acids is 2. The molecule has 1 aromatic carbocycles. The third-order valence-electron chi connectivity index (χ3n) is 4.53. The van der Waals surface area contributed by atoms with Crippen molar-refractivity contribution < 1.29 is 14.3 Å². The lowest BCUT2D eigenvalue weighted by atomic mass is 9.95. The molecule has 2 amide bonds. The number of piperazine rings is 1. The van der Waals surface area contributed by atoms with E-state index in [1.807, 2.05) is 26.0 Å². The topological polar surface area (TPSA) is 75.9 Å². The zero-order valence-electron chi connectivity index (χ0n) is 15.9. The minimum Gasteiger partial charge on any atom is -0.493 e. The molecule has 0 radical (unpaired) electrons. The lowest BCUT2D eigenvalue weighted by molar-refractivity contribution is -0.138. The van der Waals surface area contributed by atoms with E-state index in [1.54, 1.807) is 28.9 Å². The van der Waals surface area contributed by atoms with Gasteiger partial charge in [0.15, 0.2) is 0 Å². The maximum atomic E-state index is 12.8. The van der Waals surface area contributed by atoms with Crippen molar-refractivity contribution in [3.8, 4) is 5.75 Å². The van der Waals surface area contributed by atoms with Crippen molar-refractivity contribution >= 4 is 24.2 Å². The Kier molecular flexibility index (Phi) is 8.37. The van der Waals surface area contributed by atoms with E-state index in [2.05, 4.69) is 0 Å². The second-order valence-corrected chi connectivity index (χ2v) is 6.68. The number of benzene rings is 1. The maximum absolute atomic E-state index is 12.8. The van der Waals surface area contributed by atoms with Gasteiger partial charge in [-0.2, -0.15) is 0 Å². The van der Waals surface area contributed by atoms with Crippen molar-refractivity contribution in [2.45, 2.75) is 39.2 Å². The van der Waals surface area contributed by atoms with Gasteiger partial charge in [-0.05, 0) is 32.4 Å². The molecule has 2 rings (SSSR count). The highest BCUT2D eigenvalue weighted by molar-refractivity contribution is 5.97. The van der Waals surface area contributed by atoms with Crippen LogP contribution in [0.3, 0.4) is 0 Å². The summed E-state index contributed by atoms with van der Waals surface area (Å²) in [5.74, 6) is 0.516. The molecule has 1 aromatic rings. The molecule has 1 atom stereocenters. The average molecular weight is 384 g/mol. The number of nitrogens with zero attached hydrogens (tertiary/aromatic N) is 2. The summed E-state index contributed by atoms with van der Waals surface area (Å²) in [6.07, 6.45) is 1.53. The number of rotatable bonds is 6. The van der Waals surface area contributed by atoms with Crippen LogP contribution in [-0.2, 0) is 4.79 Å². The van der Waals surface area contributed by atoms with Crippen LogP contribution in [0.5, 0.6) is 5.75 Å². The Balaban J connectivity index is 0.00000338. The molecule has 1 aliphatic heterocycles. The zero-order valence-corrected chi connectivity index (χ0v) is 16.7. The van der Waals surface area contributed by atoms with E-state index >= 15 is 0 Å². The summed E-state index contributed by atoms with van der Waals surface area (Å²) in [4.78, 5) is 28.9. The highest BCUT2D eigenvalue weighted by atomic mass is 35.5. The monoisotopic (exact) mass is 383 g/mol. The molecule has 1 heterocycles. The number of carbonyl (C=O) groups is 2. The van der Waals surface area contributed by atoms with Crippen LogP contribution in [0.4, 0.5) is 0 Å². The van der Waals surface area contributed by atoms with Gasteiger partial charge in [-0.25, -0.2) is 0 Å². The summed E-state index contributed by atoms with van der Waals surface area (Å²) in [7, 11) is 0. The Morgan fingerprint density at radius 1 is 1.12 bits per heavy atom. The van der Waals surface area contributed by atoms with Crippen molar-refractivity contribution in [3.63, 3.8) is 0 Å². The van der Waals surface area contributed by atoms with Crippen molar-refractivity contribution in [1.82, 2.24) is 9.80 Å². The smallest absolute Gasteiger partial charge is 0.257 e. The van der Waals surface area contributed by atoms with Crippen LogP contribution in [0.1, 0.15) is 44.0 Å². The first-order chi connectivity index (χ1) is 11.9. The van der Waals surface area contributed by atoms with E-state index in [9.17, 15) is 9.59 Å². The second-order valence-electron chi connectivity index (χ2n) is 6.68. The Bertz CT molecular complexity index is 614. The minimum absolute atomic E-state index is 0. The molecule has 0 aliphatic carbocycles. The summed E-state index contributed by atoms with van der Waals surface area (Å²) < 4.78 is 5.55. The average Bonchev–Trinajstić information content (AvgIpc) is 2.61. The summed E-state index contributed by atoms with van der Waals surface area (Å²) >= 11 is 0. The molecule has 1 fully saturated rings. The van der Waals surface area contributed by atoms with Crippen LogP contribution < -0.4 is 10.5 Å². The largest absolute Gasteiger partial charge is 0.493 e. The first-order valence-corrected chi connectivity index (χ1v) is 9.00. The summed E-state index contributed by atoms with van der Waals surface area (Å²) in [5.41, 5.74) is 5.89. The minimum atomic E-state index is -0.831. The number of amides is 2. The van der Waals surface area contributed by atoms with Gasteiger partial charge >= 0.3 is 0 Å². The zero-order chi connectivity index (χ0) is 18.4. The van der Waals surface area contributed by atoms with Crippen molar-refractivity contribution in [1.29, 1.82) is 0 Å². The van der Waals surface area contributed by atoms with Crippen LogP contribution in [0.2, 0.25) is 0 Å². The number of hydrogen-bond donors (Lipinski definition) is 1. The highest BCUT2D eigenvalue weighted by Gasteiger charge is 2.34. The molecule has 7 heteroatoms. The van der Waals surface area contributed by atoms with Gasteiger partial charge in [0.25, 0.3) is 5.91 Å². The van der Waals surface area contributed by atoms with Crippen LogP contribution in [0.15, 0.2) is 24.3 Å². The van der Waals surface area contributed by atoms with Gasteiger partial charge in [0.2, 0.25) is 5.91 Å². The Labute approximate surface area is 162 Å². The number of halogens is 1. The van der Waals surface area contributed by atoms with Gasteiger partial charge in [-0.3, -0.25) is 9.59 Å². The molecule has 1 saturated heterocycles. The molecule has 0 aromatic heterocycles. The Morgan fingerprint density at radius 3 is 2.27 bits per heavy atom. The molecule has 26 heavy (non-hydrogen) atoms. The molecular formula is C19H30ClN3O3. The fourth-order valence-corrected chi connectivity index (χ4v) is 3.20.